The third-order valence-electron chi connectivity index (χ3n) is 6.65. The van der Waals surface area contributed by atoms with Crippen molar-refractivity contribution in [2.24, 2.45) is 9.98 Å². The summed E-state index contributed by atoms with van der Waals surface area (Å²) >= 11 is 0. The van der Waals surface area contributed by atoms with Crippen LogP contribution in [0, 0.1) is 0 Å². The SMILES string of the molecule is CCCCCCCCC(C=Nc1cc(CCC)cc(CCC)c1)=Nc1cc(CCC)cc(CCC)c1.[Ni]. The first-order valence-electron chi connectivity index (χ1n) is 15.0. The fraction of sp³-hybridized carbons (Fsp3) is 0.588. The molecule has 0 bridgehead atoms. The van der Waals surface area contributed by atoms with E-state index in [1.54, 1.807) is 0 Å². The van der Waals surface area contributed by atoms with Crippen LogP contribution < -0.4 is 0 Å². The Morgan fingerprint density at radius 3 is 1.43 bits per heavy atom. The molecule has 3 heteroatoms. The minimum Gasteiger partial charge on any atom is -0.255 e. The monoisotopic (exact) mass is 546 g/mol. The zero-order valence-electron chi connectivity index (χ0n) is 24.4. The van der Waals surface area contributed by atoms with Gasteiger partial charge in [0.2, 0.25) is 0 Å². The Morgan fingerprint density at radius 2 is 0.973 bits per heavy atom. The van der Waals surface area contributed by atoms with Crippen molar-refractivity contribution in [2.75, 3.05) is 0 Å². The molecule has 2 aromatic carbocycles. The molecule has 0 radical (unpaired) electrons. The zero-order chi connectivity index (χ0) is 26.0. The molecule has 2 aromatic rings. The average Bonchev–Trinajstić information content (AvgIpc) is 2.85. The van der Waals surface area contributed by atoms with Gasteiger partial charge in [-0.2, -0.15) is 0 Å². The van der Waals surface area contributed by atoms with Crippen LogP contribution in [0.3, 0.4) is 0 Å². The van der Waals surface area contributed by atoms with Gasteiger partial charge in [0.15, 0.2) is 0 Å². The molecule has 208 valence electrons. The van der Waals surface area contributed by atoms with E-state index >= 15 is 0 Å². The van der Waals surface area contributed by atoms with Crippen LogP contribution in [0.25, 0.3) is 0 Å². The molecular weight excluding hydrogens is 495 g/mol. The molecular formula is C34H52N2Ni. The van der Waals surface area contributed by atoms with Crippen LogP contribution in [0.15, 0.2) is 46.4 Å². The largest absolute Gasteiger partial charge is 0.255 e. The molecule has 2 nitrogen and oxygen atoms in total. The summed E-state index contributed by atoms with van der Waals surface area (Å²) in [6.07, 6.45) is 19.9. The van der Waals surface area contributed by atoms with Crippen molar-refractivity contribution in [3.8, 4) is 0 Å². The molecule has 0 saturated heterocycles. The van der Waals surface area contributed by atoms with Gasteiger partial charge in [-0.25, -0.2) is 0 Å². The number of aryl methyl sites for hydroxylation is 4. The number of rotatable bonds is 18. The minimum atomic E-state index is 0. The van der Waals surface area contributed by atoms with Crippen LogP contribution >= 0.6 is 0 Å². The molecule has 2 rings (SSSR count). The van der Waals surface area contributed by atoms with Crippen molar-refractivity contribution in [1.29, 1.82) is 0 Å². The van der Waals surface area contributed by atoms with Gasteiger partial charge in [-0.3, -0.25) is 9.98 Å². The predicted octanol–water partition coefficient (Wildman–Crippen LogP) is 10.7. The number of hydrogen-bond donors (Lipinski definition) is 0. The third-order valence-corrected chi connectivity index (χ3v) is 6.65. The van der Waals surface area contributed by atoms with Crippen molar-refractivity contribution < 1.29 is 16.5 Å². The second-order valence-corrected chi connectivity index (χ2v) is 10.4. The number of nitrogens with zero attached hydrogens (tertiary/aromatic N) is 2. The molecule has 0 amide bonds. The van der Waals surface area contributed by atoms with Crippen molar-refractivity contribution in [2.45, 2.75) is 131 Å². The Morgan fingerprint density at radius 1 is 0.541 bits per heavy atom. The predicted molar refractivity (Wildman–Crippen MR) is 162 cm³/mol. The van der Waals surface area contributed by atoms with E-state index in [-0.39, 0.29) is 16.5 Å². The molecule has 0 fully saturated rings. The molecule has 0 heterocycles. The third kappa shape index (κ3) is 13.6. The van der Waals surface area contributed by atoms with Gasteiger partial charge in [0.1, 0.15) is 0 Å². The van der Waals surface area contributed by atoms with E-state index in [9.17, 15) is 0 Å². The molecule has 0 aliphatic carbocycles. The molecule has 0 saturated carbocycles. The van der Waals surface area contributed by atoms with Crippen LogP contribution in [0.1, 0.15) is 128 Å². The maximum Gasteiger partial charge on any atom is 0.0639 e. The molecule has 0 aromatic heterocycles. The first kappa shape index (κ1) is 33.3. The molecule has 0 atom stereocenters. The second kappa shape index (κ2) is 20.3. The molecule has 0 aliphatic heterocycles. The van der Waals surface area contributed by atoms with E-state index in [0.717, 1.165) is 62.0 Å². The maximum absolute atomic E-state index is 5.18. The molecule has 0 N–H and O–H groups in total. The first-order chi connectivity index (χ1) is 17.6. The summed E-state index contributed by atoms with van der Waals surface area (Å²) in [5, 5.41) is 0. The van der Waals surface area contributed by atoms with Gasteiger partial charge >= 0.3 is 0 Å². The van der Waals surface area contributed by atoms with Crippen LogP contribution in [0.5, 0.6) is 0 Å². The Bertz CT molecular complexity index is 896. The summed E-state index contributed by atoms with van der Waals surface area (Å²) in [6, 6.07) is 13.9. The van der Waals surface area contributed by atoms with Crippen molar-refractivity contribution in [1.82, 2.24) is 0 Å². The van der Waals surface area contributed by atoms with Crippen molar-refractivity contribution in [3.63, 3.8) is 0 Å². The Hall–Kier alpha value is -1.73. The van der Waals surface area contributed by atoms with Gasteiger partial charge in [-0.05, 0) is 85.0 Å². The first-order valence-corrected chi connectivity index (χ1v) is 15.0. The number of unbranched alkanes of at least 4 members (excludes halogenated alkanes) is 5. The van der Waals surface area contributed by atoms with E-state index in [1.807, 2.05) is 0 Å². The van der Waals surface area contributed by atoms with Gasteiger partial charge < -0.3 is 0 Å². The Kier molecular flexibility index (Phi) is 18.2. The van der Waals surface area contributed by atoms with Gasteiger partial charge in [0.05, 0.1) is 17.1 Å². The van der Waals surface area contributed by atoms with Crippen LogP contribution in [0.2, 0.25) is 0 Å². The average molecular weight is 547 g/mol. The normalized spacial score (nSPS) is 11.8. The summed E-state index contributed by atoms with van der Waals surface area (Å²) in [5.41, 5.74) is 8.92. The molecule has 0 spiro atoms. The standard InChI is InChI=1S/C34H52N2.Ni/c1-6-11-12-13-14-15-20-32(36-34-25-30(18-9-4)22-31(26-34)19-10-5)27-35-33-23-28(16-7-2)21-29(24-33)17-8-3;/h21-27H,6-20H2,1-5H3;. The zero-order valence-corrected chi connectivity index (χ0v) is 25.3. The van der Waals surface area contributed by atoms with Gasteiger partial charge in [0.25, 0.3) is 0 Å². The fourth-order valence-electron chi connectivity index (χ4n) is 4.91. The van der Waals surface area contributed by atoms with Gasteiger partial charge in [0, 0.05) is 22.7 Å². The Labute approximate surface area is 238 Å². The van der Waals surface area contributed by atoms with E-state index in [2.05, 4.69) is 77.2 Å². The Balaban J connectivity index is 0.00000684. The topological polar surface area (TPSA) is 24.7 Å². The summed E-state index contributed by atoms with van der Waals surface area (Å²) in [7, 11) is 0. The number of aliphatic imine (C=N–C) groups is 2. The van der Waals surface area contributed by atoms with Crippen LogP contribution in [0.4, 0.5) is 11.4 Å². The summed E-state index contributed by atoms with van der Waals surface area (Å²) in [6.45, 7) is 11.3. The molecule has 37 heavy (non-hydrogen) atoms. The number of benzene rings is 2. The smallest absolute Gasteiger partial charge is 0.0639 e. The van der Waals surface area contributed by atoms with E-state index in [0.29, 0.717) is 0 Å². The number of hydrogen-bond acceptors (Lipinski definition) is 2. The summed E-state index contributed by atoms with van der Waals surface area (Å²) in [4.78, 5) is 10.2. The maximum atomic E-state index is 5.18. The van der Waals surface area contributed by atoms with E-state index in [4.69, 9.17) is 9.98 Å². The minimum absolute atomic E-state index is 0. The van der Waals surface area contributed by atoms with Crippen LogP contribution in [-0.2, 0) is 42.2 Å². The van der Waals surface area contributed by atoms with Crippen molar-refractivity contribution >= 4 is 23.3 Å². The van der Waals surface area contributed by atoms with E-state index in [1.165, 1.54) is 73.6 Å². The fourth-order valence-corrected chi connectivity index (χ4v) is 4.91. The summed E-state index contributed by atoms with van der Waals surface area (Å²) < 4.78 is 0. The molecule has 0 unspecified atom stereocenters. The van der Waals surface area contributed by atoms with Crippen molar-refractivity contribution in [3.05, 3.63) is 58.7 Å². The molecule has 0 aliphatic rings. The van der Waals surface area contributed by atoms with Crippen LogP contribution in [-0.4, -0.2) is 11.9 Å². The second-order valence-electron chi connectivity index (χ2n) is 10.4. The van der Waals surface area contributed by atoms with Gasteiger partial charge in [-0.15, -0.1) is 0 Å². The van der Waals surface area contributed by atoms with E-state index < -0.39 is 0 Å². The quantitative estimate of drug-likeness (QED) is 0.101. The summed E-state index contributed by atoms with van der Waals surface area (Å²) in [5.74, 6) is 0. The van der Waals surface area contributed by atoms with Gasteiger partial charge in [-0.1, -0.05) is 105 Å².